The van der Waals surface area contributed by atoms with Crippen molar-refractivity contribution in [3.63, 3.8) is 0 Å². The number of anilines is 1. The smallest absolute Gasteiger partial charge is 0.334 e. The van der Waals surface area contributed by atoms with Gasteiger partial charge in [-0.05, 0) is 6.42 Å². The molecule has 0 spiro atoms. The number of hydrogen-bond acceptors (Lipinski definition) is 6. The molecule has 0 saturated carbocycles. The van der Waals surface area contributed by atoms with Crippen LogP contribution in [0.15, 0.2) is 0 Å². The molecular weight excluding hydrogens is 240 g/mol. The summed E-state index contributed by atoms with van der Waals surface area (Å²) in [6.45, 7) is 2.14. The molecule has 2 heterocycles. The van der Waals surface area contributed by atoms with Crippen LogP contribution in [0.1, 0.15) is 12.6 Å². The second-order valence-electron chi connectivity index (χ2n) is 4.39. The second kappa shape index (κ2) is 4.54. The molecular formula is C10H16N4O4. The summed E-state index contributed by atoms with van der Waals surface area (Å²) in [5.74, 6) is 0.340. The molecule has 0 aliphatic carbocycles. The Morgan fingerprint density at radius 2 is 2.00 bits per heavy atom. The lowest BCUT2D eigenvalue weighted by Crippen LogP contribution is -2.24. The van der Waals surface area contributed by atoms with Gasteiger partial charge >= 0.3 is 5.69 Å². The molecule has 8 heteroatoms. The average molecular weight is 256 g/mol. The third-order valence-electron chi connectivity index (χ3n) is 3.14. The number of nitro groups is 1. The van der Waals surface area contributed by atoms with Gasteiger partial charge in [-0.25, -0.2) is 4.68 Å². The Morgan fingerprint density at radius 1 is 1.44 bits per heavy atom. The van der Waals surface area contributed by atoms with Crippen molar-refractivity contribution in [2.45, 2.75) is 25.6 Å². The molecule has 0 aromatic carbocycles. The summed E-state index contributed by atoms with van der Waals surface area (Å²) in [5.41, 5.74) is 0.370. The average Bonchev–Trinajstić information content (AvgIpc) is 2.79. The van der Waals surface area contributed by atoms with Gasteiger partial charge in [0.2, 0.25) is 5.82 Å². The van der Waals surface area contributed by atoms with Crippen LogP contribution in [-0.2, 0) is 13.5 Å². The number of hydrogen-bond donors (Lipinski definition) is 2. The summed E-state index contributed by atoms with van der Waals surface area (Å²) in [7, 11) is 1.62. The summed E-state index contributed by atoms with van der Waals surface area (Å²) in [5, 5.41) is 34.3. The van der Waals surface area contributed by atoms with Crippen LogP contribution in [-0.4, -0.2) is 50.2 Å². The molecule has 2 N–H and O–H groups in total. The number of rotatable bonds is 3. The highest BCUT2D eigenvalue weighted by Crippen LogP contribution is 2.33. The molecule has 8 nitrogen and oxygen atoms in total. The molecule has 100 valence electrons. The maximum atomic E-state index is 11.1. The fourth-order valence-corrected chi connectivity index (χ4v) is 2.28. The molecule has 1 aliphatic heterocycles. The van der Waals surface area contributed by atoms with Crippen LogP contribution in [0.5, 0.6) is 0 Å². The third-order valence-corrected chi connectivity index (χ3v) is 3.14. The predicted octanol–water partition coefficient (Wildman–Crippen LogP) is -0.567. The maximum absolute atomic E-state index is 11.1. The molecule has 0 amide bonds. The summed E-state index contributed by atoms with van der Waals surface area (Å²) < 4.78 is 1.43. The highest BCUT2D eigenvalue weighted by atomic mass is 16.6. The van der Waals surface area contributed by atoms with E-state index in [-0.39, 0.29) is 18.8 Å². The van der Waals surface area contributed by atoms with Crippen molar-refractivity contribution in [3.8, 4) is 0 Å². The van der Waals surface area contributed by atoms with Gasteiger partial charge in [0, 0.05) is 20.1 Å². The minimum absolute atomic E-state index is 0.0405. The zero-order valence-electron chi connectivity index (χ0n) is 10.3. The van der Waals surface area contributed by atoms with E-state index in [1.807, 2.05) is 0 Å². The van der Waals surface area contributed by atoms with Crippen molar-refractivity contribution in [2.75, 3.05) is 18.0 Å². The van der Waals surface area contributed by atoms with E-state index < -0.39 is 17.1 Å². The van der Waals surface area contributed by atoms with Gasteiger partial charge in [0.05, 0.1) is 17.1 Å². The Hall–Kier alpha value is -1.67. The van der Waals surface area contributed by atoms with Crippen LogP contribution in [0, 0.1) is 10.1 Å². The standard InChI is InChI=1S/C10H16N4O4/c1-3-6-9(14(17)18)10(12(2)11-6)13-4-7(15)8(16)5-13/h7-8,15-16H,3-5H2,1-2H3. The Bertz CT molecular complexity index is 463. The fraction of sp³-hybridized carbons (Fsp3) is 0.700. The number of aryl methyl sites for hydroxylation is 2. The summed E-state index contributed by atoms with van der Waals surface area (Å²) in [4.78, 5) is 12.3. The zero-order valence-corrected chi connectivity index (χ0v) is 10.3. The molecule has 1 aromatic rings. The van der Waals surface area contributed by atoms with Crippen molar-refractivity contribution >= 4 is 11.5 Å². The second-order valence-corrected chi connectivity index (χ2v) is 4.39. The normalized spacial score (nSPS) is 23.7. The van der Waals surface area contributed by atoms with Crippen LogP contribution in [0.4, 0.5) is 11.5 Å². The van der Waals surface area contributed by atoms with E-state index in [0.29, 0.717) is 17.9 Å². The van der Waals surface area contributed by atoms with Gasteiger partial charge < -0.3 is 15.1 Å². The molecule has 2 atom stereocenters. The largest absolute Gasteiger partial charge is 0.389 e. The van der Waals surface area contributed by atoms with E-state index in [1.54, 1.807) is 18.9 Å². The minimum atomic E-state index is -0.885. The monoisotopic (exact) mass is 256 g/mol. The number of nitrogens with zero attached hydrogens (tertiary/aromatic N) is 4. The Kier molecular flexibility index (Phi) is 3.22. The zero-order chi connectivity index (χ0) is 13.4. The molecule has 18 heavy (non-hydrogen) atoms. The number of aliphatic hydroxyl groups is 2. The quantitative estimate of drug-likeness (QED) is 0.554. The van der Waals surface area contributed by atoms with Gasteiger partial charge in [0.1, 0.15) is 5.69 Å². The number of aliphatic hydroxyl groups excluding tert-OH is 2. The lowest BCUT2D eigenvalue weighted by atomic mass is 10.3. The first-order valence-electron chi connectivity index (χ1n) is 5.77. The highest BCUT2D eigenvalue weighted by molar-refractivity contribution is 5.62. The third kappa shape index (κ3) is 1.93. The molecule has 0 bridgehead atoms. The summed E-state index contributed by atoms with van der Waals surface area (Å²) in [6.07, 6.45) is -1.31. The van der Waals surface area contributed by atoms with Crippen LogP contribution < -0.4 is 4.90 Å². The topological polar surface area (TPSA) is 105 Å². The maximum Gasteiger partial charge on any atom is 0.334 e. The fourth-order valence-electron chi connectivity index (χ4n) is 2.28. The Labute approximate surface area is 104 Å². The van der Waals surface area contributed by atoms with Crippen molar-refractivity contribution in [1.29, 1.82) is 0 Å². The lowest BCUT2D eigenvalue weighted by molar-refractivity contribution is -0.384. The van der Waals surface area contributed by atoms with Gasteiger partial charge in [-0.1, -0.05) is 6.92 Å². The van der Waals surface area contributed by atoms with E-state index in [2.05, 4.69) is 5.10 Å². The highest BCUT2D eigenvalue weighted by Gasteiger charge is 2.37. The molecule has 0 radical (unpaired) electrons. The first-order chi connectivity index (χ1) is 8.45. The molecule has 2 rings (SSSR count). The number of aromatic nitrogens is 2. The lowest BCUT2D eigenvalue weighted by Gasteiger charge is -2.16. The van der Waals surface area contributed by atoms with E-state index in [0.717, 1.165) is 0 Å². The van der Waals surface area contributed by atoms with Gasteiger partial charge in [0.25, 0.3) is 0 Å². The minimum Gasteiger partial charge on any atom is -0.389 e. The van der Waals surface area contributed by atoms with Crippen LogP contribution in [0.2, 0.25) is 0 Å². The van der Waals surface area contributed by atoms with Crippen LogP contribution >= 0.6 is 0 Å². The van der Waals surface area contributed by atoms with Gasteiger partial charge in [-0.15, -0.1) is 0 Å². The number of β-amino-alcohol motifs (C(OH)–C–C–N with tert-alkyl or cyclic N) is 2. The van der Waals surface area contributed by atoms with E-state index in [4.69, 9.17) is 0 Å². The van der Waals surface area contributed by atoms with Crippen molar-refractivity contribution in [3.05, 3.63) is 15.8 Å². The molecule has 2 unspecified atom stereocenters. The Morgan fingerprint density at radius 3 is 2.44 bits per heavy atom. The van der Waals surface area contributed by atoms with E-state index >= 15 is 0 Å². The first-order valence-corrected chi connectivity index (χ1v) is 5.77. The van der Waals surface area contributed by atoms with Crippen LogP contribution in [0.25, 0.3) is 0 Å². The van der Waals surface area contributed by atoms with E-state index in [9.17, 15) is 20.3 Å². The van der Waals surface area contributed by atoms with Crippen molar-refractivity contribution < 1.29 is 15.1 Å². The molecule has 1 aliphatic rings. The summed E-state index contributed by atoms with van der Waals surface area (Å²) >= 11 is 0. The molecule has 1 fully saturated rings. The van der Waals surface area contributed by atoms with Crippen LogP contribution in [0.3, 0.4) is 0 Å². The SMILES string of the molecule is CCc1nn(C)c(N2CC(O)C(O)C2)c1[N+](=O)[O-]. The van der Waals surface area contributed by atoms with Gasteiger partial charge in [-0.3, -0.25) is 10.1 Å². The van der Waals surface area contributed by atoms with Gasteiger partial charge in [-0.2, -0.15) is 5.10 Å². The van der Waals surface area contributed by atoms with E-state index in [1.165, 1.54) is 4.68 Å². The van der Waals surface area contributed by atoms with Crippen molar-refractivity contribution in [2.24, 2.45) is 7.05 Å². The van der Waals surface area contributed by atoms with Gasteiger partial charge in [0.15, 0.2) is 0 Å². The van der Waals surface area contributed by atoms with Crippen molar-refractivity contribution in [1.82, 2.24) is 9.78 Å². The Balaban J connectivity index is 2.44. The molecule has 1 aromatic heterocycles. The molecule has 1 saturated heterocycles. The summed E-state index contributed by atoms with van der Waals surface area (Å²) in [6, 6.07) is 0. The predicted molar refractivity (Wildman–Crippen MR) is 63.5 cm³/mol. The first kappa shape index (κ1) is 12.8.